The minimum absolute atomic E-state index is 0.0233. The van der Waals surface area contributed by atoms with Gasteiger partial charge in [-0.25, -0.2) is 8.78 Å². The number of nitrogens with zero attached hydrogens (tertiary/aromatic N) is 1. The number of nitrogens with one attached hydrogen (secondary N) is 1. The maximum absolute atomic E-state index is 14.2. The van der Waals surface area contributed by atoms with Gasteiger partial charge in [-0.2, -0.15) is 0 Å². The van der Waals surface area contributed by atoms with Crippen molar-refractivity contribution in [2.75, 3.05) is 13.1 Å². The molecule has 3 aliphatic rings. The van der Waals surface area contributed by atoms with E-state index in [1.54, 1.807) is 0 Å². The van der Waals surface area contributed by atoms with Crippen molar-refractivity contribution in [2.24, 2.45) is 5.92 Å². The Bertz CT molecular complexity index is 1240. The van der Waals surface area contributed by atoms with Crippen molar-refractivity contribution < 1.29 is 18.3 Å². The number of halogens is 2. The first-order valence-corrected chi connectivity index (χ1v) is 11.7. The topological polar surface area (TPSA) is 41.6 Å². The molecule has 3 aromatic carbocycles. The second-order valence-electron chi connectivity index (χ2n) is 9.44. The van der Waals surface area contributed by atoms with E-state index in [-0.39, 0.29) is 18.6 Å². The van der Waals surface area contributed by atoms with Gasteiger partial charge in [-0.3, -0.25) is 4.79 Å². The SMILES string of the molecule is O=C([C@H]1CNCCC12OCc1cc(F)c(F)cc12)N(Cc1cccc2ccccc12)C1CC1. The zero-order chi connectivity index (χ0) is 22.6. The summed E-state index contributed by atoms with van der Waals surface area (Å²) in [6, 6.07) is 17.1. The van der Waals surface area contributed by atoms with E-state index < -0.39 is 23.2 Å². The number of fused-ring (bicyclic) bond motifs is 3. The van der Waals surface area contributed by atoms with E-state index in [0.29, 0.717) is 37.2 Å². The van der Waals surface area contributed by atoms with Crippen LogP contribution in [0.2, 0.25) is 0 Å². The maximum atomic E-state index is 14.2. The molecule has 1 saturated heterocycles. The lowest BCUT2D eigenvalue weighted by molar-refractivity contribution is -0.157. The largest absolute Gasteiger partial charge is 0.365 e. The minimum atomic E-state index is -0.919. The van der Waals surface area contributed by atoms with Crippen molar-refractivity contribution in [3.8, 4) is 0 Å². The van der Waals surface area contributed by atoms with Crippen LogP contribution in [-0.4, -0.2) is 29.9 Å². The van der Waals surface area contributed by atoms with Gasteiger partial charge in [-0.1, -0.05) is 42.5 Å². The molecular weight excluding hydrogens is 422 g/mol. The zero-order valence-corrected chi connectivity index (χ0v) is 18.3. The van der Waals surface area contributed by atoms with Crippen LogP contribution in [0.15, 0.2) is 54.6 Å². The Labute approximate surface area is 191 Å². The van der Waals surface area contributed by atoms with Crippen LogP contribution in [0.4, 0.5) is 8.78 Å². The fourth-order valence-electron chi connectivity index (χ4n) is 5.61. The molecule has 2 heterocycles. The summed E-state index contributed by atoms with van der Waals surface area (Å²) in [4.78, 5) is 16.1. The van der Waals surface area contributed by atoms with Crippen LogP contribution in [0.5, 0.6) is 0 Å². The predicted molar refractivity (Wildman–Crippen MR) is 121 cm³/mol. The number of benzene rings is 3. The van der Waals surface area contributed by atoms with Crippen molar-refractivity contribution in [3.63, 3.8) is 0 Å². The van der Waals surface area contributed by atoms with E-state index in [9.17, 15) is 13.6 Å². The van der Waals surface area contributed by atoms with Crippen LogP contribution in [0.3, 0.4) is 0 Å². The Morgan fingerprint density at radius 2 is 1.88 bits per heavy atom. The highest BCUT2D eigenvalue weighted by atomic mass is 19.2. The molecule has 0 aromatic heterocycles. The summed E-state index contributed by atoms with van der Waals surface area (Å²) in [7, 11) is 0. The lowest BCUT2D eigenvalue weighted by atomic mass is 9.75. The van der Waals surface area contributed by atoms with Gasteiger partial charge in [0.15, 0.2) is 11.6 Å². The van der Waals surface area contributed by atoms with Gasteiger partial charge in [-0.05, 0) is 65.4 Å². The summed E-state index contributed by atoms with van der Waals surface area (Å²) in [5.74, 6) is -2.23. The summed E-state index contributed by atoms with van der Waals surface area (Å²) in [6.45, 7) is 1.84. The molecule has 2 aliphatic heterocycles. The van der Waals surface area contributed by atoms with Crippen LogP contribution >= 0.6 is 0 Å². The van der Waals surface area contributed by atoms with Crippen molar-refractivity contribution in [3.05, 3.63) is 82.9 Å². The molecule has 2 atom stereocenters. The molecule has 1 N–H and O–H groups in total. The molecule has 4 nitrogen and oxygen atoms in total. The molecular formula is C27H26F2N2O2. The lowest BCUT2D eigenvalue weighted by Crippen LogP contribution is -2.55. The lowest BCUT2D eigenvalue weighted by Gasteiger charge is -2.43. The van der Waals surface area contributed by atoms with Crippen LogP contribution in [0, 0.1) is 17.6 Å². The molecule has 0 bridgehead atoms. The van der Waals surface area contributed by atoms with E-state index in [1.807, 2.05) is 23.1 Å². The standard InChI is InChI=1S/C27H26F2N2O2/c28-24-12-19-16-33-27(22(19)13-25(24)29)10-11-30-14-23(27)26(32)31(20-8-9-20)15-18-6-3-5-17-4-1-2-7-21(17)18/h1-7,12-13,20,23,30H,8-11,14-16H2/t23-,27?/m1/s1. The molecule has 2 fully saturated rings. The van der Waals surface area contributed by atoms with E-state index in [1.165, 1.54) is 12.1 Å². The molecule has 170 valence electrons. The Morgan fingerprint density at radius 3 is 2.73 bits per heavy atom. The van der Waals surface area contributed by atoms with Crippen LogP contribution in [-0.2, 0) is 28.3 Å². The first-order chi connectivity index (χ1) is 16.1. The quantitative estimate of drug-likeness (QED) is 0.632. The van der Waals surface area contributed by atoms with Crippen molar-refractivity contribution >= 4 is 16.7 Å². The van der Waals surface area contributed by atoms with Gasteiger partial charge in [0.2, 0.25) is 5.91 Å². The van der Waals surface area contributed by atoms with Crippen molar-refractivity contribution in [2.45, 2.75) is 44.1 Å². The molecule has 1 aliphatic carbocycles. The molecule has 3 aromatic rings. The van der Waals surface area contributed by atoms with E-state index in [4.69, 9.17) is 4.74 Å². The second kappa shape index (κ2) is 7.89. The summed E-state index contributed by atoms with van der Waals surface area (Å²) >= 11 is 0. The number of rotatable bonds is 4. The van der Waals surface area contributed by atoms with Crippen molar-refractivity contribution in [1.29, 1.82) is 0 Å². The Morgan fingerprint density at radius 1 is 1.09 bits per heavy atom. The molecule has 1 spiro atoms. The van der Waals surface area contributed by atoms with Gasteiger partial charge < -0.3 is 15.0 Å². The zero-order valence-electron chi connectivity index (χ0n) is 18.3. The smallest absolute Gasteiger partial charge is 0.230 e. The predicted octanol–water partition coefficient (Wildman–Crippen LogP) is 4.64. The Hall–Kier alpha value is -2.83. The molecule has 0 radical (unpaired) electrons. The number of ether oxygens (including phenoxy) is 1. The normalized spacial score (nSPS) is 24.2. The van der Waals surface area contributed by atoms with Crippen LogP contribution < -0.4 is 5.32 Å². The molecule has 1 amide bonds. The molecule has 6 rings (SSSR count). The van der Waals surface area contributed by atoms with Gasteiger partial charge in [0.05, 0.1) is 12.5 Å². The number of carbonyl (C=O) groups is 1. The number of piperidine rings is 1. The Balaban J connectivity index is 1.37. The molecule has 33 heavy (non-hydrogen) atoms. The third-order valence-corrected chi connectivity index (χ3v) is 7.46. The fraction of sp³-hybridized carbons (Fsp3) is 0.370. The van der Waals surface area contributed by atoms with Crippen molar-refractivity contribution in [1.82, 2.24) is 10.2 Å². The number of carbonyl (C=O) groups excluding carboxylic acids is 1. The average Bonchev–Trinajstić information content (AvgIpc) is 3.63. The summed E-state index contributed by atoms with van der Waals surface area (Å²) in [5, 5.41) is 5.64. The van der Waals surface area contributed by atoms with Gasteiger partial charge in [0.25, 0.3) is 0 Å². The number of hydrogen-bond donors (Lipinski definition) is 1. The first kappa shape index (κ1) is 20.8. The van der Waals surface area contributed by atoms with Crippen LogP contribution in [0.25, 0.3) is 10.8 Å². The summed E-state index contributed by atoms with van der Waals surface area (Å²) in [6.07, 6.45) is 2.52. The second-order valence-corrected chi connectivity index (χ2v) is 9.44. The Kier molecular flexibility index (Phi) is 4.96. The summed E-state index contributed by atoms with van der Waals surface area (Å²) < 4.78 is 34.4. The molecule has 6 heteroatoms. The number of hydrogen-bond acceptors (Lipinski definition) is 3. The van der Waals surface area contributed by atoms with Gasteiger partial charge in [0.1, 0.15) is 5.60 Å². The minimum Gasteiger partial charge on any atom is -0.365 e. The van der Waals surface area contributed by atoms with Gasteiger partial charge in [0, 0.05) is 19.1 Å². The first-order valence-electron chi connectivity index (χ1n) is 11.7. The fourth-order valence-corrected chi connectivity index (χ4v) is 5.61. The molecule has 1 saturated carbocycles. The monoisotopic (exact) mass is 448 g/mol. The highest BCUT2D eigenvalue weighted by Gasteiger charge is 2.53. The van der Waals surface area contributed by atoms with E-state index in [0.717, 1.165) is 29.2 Å². The summed E-state index contributed by atoms with van der Waals surface area (Å²) in [5.41, 5.74) is 1.47. The molecule has 1 unspecified atom stereocenters. The number of amides is 1. The highest BCUT2D eigenvalue weighted by molar-refractivity contribution is 5.87. The van der Waals surface area contributed by atoms with Gasteiger partial charge >= 0.3 is 0 Å². The van der Waals surface area contributed by atoms with Gasteiger partial charge in [-0.15, -0.1) is 0 Å². The maximum Gasteiger partial charge on any atom is 0.230 e. The van der Waals surface area contributed by atoms with E-state index >= 15 is 0 Å². The third kappa shape index (κ3) is 3.44. The average molecular weight is 449 g/mol. The van der Waals surface area contributed by atoms with E-state index in [2.05, 4.69) is 29.6 Å². The highest BCUT2D eigenvalue weighted by Crippen LogP contribution is 2.48. The third-order valence-electron chi connectivity index (χ3n) is 7.46. The van der Waals surface area contributed by atoms with Crippen LogP contribution in [0.1, 0.15) is 36.0 Å².